The lowest BCUT2D eigenvalue weighted by atomic mass is 10.00. The van der Waals surface area contributed by atoms with Gasteiger partial charge in [-0.1, -0.05) is 12.1 Å². The Morgan fingerprint density at radius 2 is 2.12 bits per heavy atom. The van der Waals surface area contributed by atoms with Crippen molar-refractivity contribution in [3.8, 4) is 0 Å². The van der Waals surface area contributed by atoms with E-state index in [1.807, 2.05) is 22.9 Å². The molecule has 1 atom stereocenters. The van der Waals surface area contributed by atoms with Gasteiger partial charge in [-0.3, -0.25) is 4.79 Å². The van der Waals surface area contributed by atoms with Gasteiger partial charge < -0.3 is 19.5 Å². The van der Waals surface area contributed by atoms with E-state index in [1.54, 1.807) is 24.0 Å². The summed E-state index contributed by atoms with van der Waals surface area (Å²) >= 11 is 0. The lowest BCUT2D eigenvalue weighted by Crippen LogP contribution is -2.48. The molecular weight excluding hydrogens is 325 g/mol. The van der Waals surface area contributed by atoms with E-state index in [0.29, 0.717) is 18.7 Å². The molecule has 0 fully saturated rings. The van der Waals surface area contributed by atoms with Crippen molar-refractivity contribution in [1.82, 2.24) is 14.8 Å². The van der Waals surface area contributed by atoms with Crippen molar-refractivity contribution < 1.29 is 18.7 Å². The summed E-state index contributed by atoms with van der Waals surface area (Å²) in [5.41, 5.74) is 1.59. The first-order valence-electron chi connectivity index (χ1n) is 8.20. The van der Waals surface area contributed by atoms with Crippen molar-refractivity contribution in [3.63, 3.8) is 0 Å². The molecule has 1 aliphatic heterocycles. The third-order valence-corrected chi connectivity index (χ3v) is 4.15. The number of aromatic nitrogens is 1. The van der Waals surface area contributed by atoms with E-state index in [4.69, 9.17) is 4.74 Å². The third kappa shape index (κ3) is 3.65. The van der Waals surface area contributed by atoms with Crippen molar-refractivity contribution in [2.75, 3.05) is 19.7 Å². The van der Waals surface area contributed by atoms with Gasteiger partial charge in [-0.15, -0.1) is 0 Å². The quantitative estimate of drug-likeness (QED) is 0.865. The van der Waals surface area contributed by atoms with Gasteiger partial charge in [0.15, 0.2) is 0 Å². The predicted octanol–water partition coefficient (Wildman–Crippen LogP) is 2.30. The molecule has 2 aromatic rings. The van der Waals surface area contributed by atoms with Crippen LogP contribution in [-0.2, 0) is 16.1 Å². The first-order chi connectivity index (χ1) is 12.1. The molecule has 132 valence electrons. The second-order valence-electron chi connectivity index (χ2n) is 5.74. The maximum absolute atomic E-state index is 13.7. The standard InChI is InChI=1S/C18H20FN3O3/c1-2-25-16(23)12-20-18(24)22-10-9-21-8-4-7-15(21)17(22)13-5-3-6-14(19)11-13/h3-8,11,17H,2,9-10,12H2,1H3,(H,20,24). The van der Waals surface area contributed by atoms with E-state index in [9.17, 15) is 14.0 Å². The molecule has 1 aliphatic rings. The third-order valence-electron chi connectivity index (χ3n) is 4.15. The molecule has 0 bridgehead atoms. The van der Waals surface area contributed by atoms with E-state index in [2.05, 4.69) is 5.32 Å². The van der Waals surface area contributed by atoms with Crippen LogP contribution in [0, 0.1) is 5.82 Å². The summed E-state index contributed by atoms with van der Waals surface area (Å²) in [6.45, 7) is 2.87. The molecule has 7 heteroatoms. The van der Waals surface area contributed by atoms with Crippen LogP contribution in [0.15, 0.2) is 42.6 Å². The number of urea groups is 1. The van der Waals surface area contributed by atoms with E-state index in [1.165, 1.54) is 12.1 Å². The Morgan fingerprint density at radius 1 is 1.28 bits per heavy atom. The summed E-state index contributed by atoms with van der Waals surface area (Å²) in [6, 6.07) is 9.25. The molecule has 1 aromatic heterocycles. The molecule has 1 aromatic carbocycles. The molecule has 0 saturated carbocycles. The summed E-state index contributed by atoms with van der Waals surface area (Å²) in [7, 11) is 0. The SMILES string of the molecule is CCOC(=O)CNC(=O)N1CCn2cccc2C1c1cccc(F)c1. The zero-order valence-electron chi connectivity index (χ0n) is 13.9. The van der Waals surface area contributed by atoms with Crippen LogP contribution < -0.4 is 5.32 Å². The van der Waals surface area contributed by atoms with Crippen molar-refractivity contribution in [3.05, 3.63) is 59.7 Å². The first kappa shape index (κ1) is 17.0. The minimum absolute atomic E-state index is 0.194. The van der Waals surface area contributed by atoms with Crippen LogP contribution in [-0.4, -0.2) is 41.2 Å². The minimum atomic E-state index is -0.487. The Morgan fingerprint density at radius 3 is 2.88 bits per heavy atom. The number of carbonyl (C=O) groups excluding carboxylic acids is 2. The highest BCUT2D eigenvalue weighted by atomic mass is 19.1. The van der Waals surface area contributed by atoms with E-state index >= 15 is 0 Å². The summed E-state index contributed by atoms with van der Waals surface area (Å²) < 4.78 is 20.6. The van der Waals surface area contributed by atoms with Gasteiger partial charge in [0.1, 0.15) is 12.4 Å². The summed E-state index contributed by atoms with van der Waals surface area (Å²) in [5, 5.41) is 2.58. The van der Waals surface area contributed by atoms with E-state index in [0.717, 1.165) is 5.69 Å². The highest BCUT2D eigenvalue weighted by molar-refractivity contribution is 5.81. The van der Waals surface area contributed by atoms with Gasteiger partial charge in [0, 0.05) is 25.0 Å². The van der Waals surface area contributed by atoms with Crippen LogP contribution in [0.25, 0.3) is 0 Å². The largest absolute Gasteiger partial charge is 0.465 e. The number of amides is 2. The van der Waals surface area contributed by atoms with Gasteiger partial charge in [0.25, 0.3) is 0 Å². The fourth-order valence-corrected chi connectivity index (χ4v) is 3.09. The number of esters is 1. The Bertz CT molecular complexity index is 774. The molecule has 0 spiro atoms. The molecule has 25 heavy (non-hydrogen) atoms. The Hall–Kier alpha value is -2.83. The average molecular weight is 345 g/mol. The molecule has 0 saturated heterocycles. The monoisotopic (exact) mass is 345 g/mol. The molecule has 1 N–H and O–H groups in total. The number of halogens is 1. The van der Waals surface area contributed by atoms with Gasteiger partial charge in [-0.05, 0) is 36.8 Å². The smallest absolute Gasteiger partial charge is 0.325 e. The lowest BCUT2D eigenvalue weighted by Gasteiger charge is -2.37. The normalized spacial score (nSPS) is 16.2. The van der Waals surface area contributed by atoms with Gasteiger partial charge in [-0.25, -0.2) is 9.18 Å². The average Bonchev–Trinajstić information content (AvgIpc) is 3.07. The number of rotatable bonds is 4. The number of hydrogen-bond acceptors (Lipinski definition) is 3. The number of carbonyl (C=O) groups is 2. The maximum Gasteiger partial charge on any atom is 0.325 e. The Balaban J connectivity index is 1.84. The van der Waals surface area contributed by atoms with Crippen LogP contribution in [0.5, 0.6) is 0 Å². The zero-order chi connectivity index (χ0) is 17.8. The molecular formula is C18H20FN3O3. The fraction of sp³-hybridized carbons (Fsp3) is 0.333. The number of hydrogen-bond donors (Lipinski definition) is 1. The van der Waals surface area contributed by atoms with Gasteiger partial charge in [0.05, 0.1) is 12.6 Å². The number of fused-ring (bicyclic) bond motifs is 1. The second kappa shape index (κ2) is 7.38. The van der Waals surface area contributed by atoms with E-state index in [-0.39, 0.29) is 25.0 Å². The molecule has 1 unspecified atom stereocenters. The van der Waals surface area contributed by atoms with Crippen LogP contribution in [0.2, 0.25) is 0 Å². The van der Waals surface area contributed by atoms with Crippen molar-refractivity contribution in [1.29, 1.82) is 0 Å². The second-order valence-corrected chi connectivity index (χ2v) is 5.74. The van der Waals surface area contributed by atoms with Crippen molar-refractivity contribution in [2.45, 2.75) is 19.5 Å². The topological polar surface area (TPSA) is 63.6 Å². The lowest BCUT2D eigenvalue weighted by molar-refractivity contribution is -0.141. The van der Waals surface area contributed by atoms with Crippen molar-refractivity contribution >= 4 is 12.0 Å². The fourth-order valence-electron chi connectivity index (χ4n) is 3.09. The number of ether oxygens (including phenoxy) is 1. The molecule has 2 heterocycles. The molecule has 6 nitrogen and oxygen atoms in total. The molecule has 0 aliphatic carbocycles. The maximum atomic E-state index is 13.7. The highest BCUT2D eigenvalue weighted by Crippen LogP contribution is 2.32. The Kier molecular flexibility index (Phi) is 5.02. The van der Waals surface area contributed by atoms with Crippen LogP contribution in [0.4, 0.5) is 9.18 Å². The van der Waals surface area contributed by atoms with Gasteiger partial charge in [-0.2, -0.15) is 0 Å². The molecule has 3 rings (SSSR count). The summed E-state index contributed by atoms with van der Waals surface area (Å²) in [4.78, 5) is 25.7. The van der Waals surface area contributed by atoms with Gasteiger partial charge >= 0.3 is 12.0 Å². The molecule has 0 radical (unpaired) electrons. The molecule has 2 amide bonds. The first-order valence-corrected chi connectivity index (χ1v) is 8.20. The van der Waals surface area contributed by atoms with Crippen molar-refractivity contribution in [2.24, 2.45) is 0 Å². The van der Waals surface area contributed by atoms with Crippen LogP contribution in [0.1, 0.15) is 24.2 Å². The van der Waals surface area contributed by atoms with Gasteiger partial charge in [0.2, 0.25) is 0 Å². The van der Waals surface area contributed by atoms with E-state index < -0.39 is 12.0 Å². The number of nitrogens with zero attached hydrogens (tertiary/aromatic N) is 2. The zero-order valence-corrected chi connectivity index (χ0v) is 13.9. The Labute approximate surface area is 145 Å². The number of nitrogens with one attached hydrogen (secondary N) is 1. The predicted molar refractivity (Wildman–Crippen MR) is 89.4 cm³/mol. The summed E-state index contributed by atoms with van der Waals surface area (Å²) in [6.07, 6.45) is 1.94. The summed E-state index contributed by atoms with van der Waals surface area (Å²) in [5.74, 6) is -0.841. The highest BCUT2D eigenvalue weighted by Gasteiger charge is 2.32. The minimum Gasteiger partial charge on any atom is -0.465 e. The van der Waals surface area contributed by atoms with Crippen LogP contribution >= 0.6 is 0 Å². The van der Waals surface area contributed by atoms with Crippen LogP contribution in [0.3, 0.4) is 0 Å². The number of benzene rings is 1.